The Labute approximate surface area is 87.7 Å². The average molecular weight is 187 g/mol. The van der Waals surface area contributed by atoms with E-state index in [-0.39, 0.29) is 5.92 Å². The summed E-state index contributed by atoms with van der Waals surface area (Å²) in [7, 11) is 0. The number of allylic oxidation sites excluding steroid dienone is 1. The fraction of sp³-hybridized carbons (Fsp3) is 0.357. The molecule has 0 amide bonds. The van der Waals surface area contributed by atoms with Gasteiger partial charge in [-0.3, -0.25) is 0 Å². The molecule has 1 radical (unpaired) electrons. The second-order valence-corrected chi connectivity index (χ2v) is 3.58. The van der Waals surface area contributed by atoms with Crippen molar-refractivity contribution in [2.24, 2.45) is 0 Å². The van der Waals surface area contributed by atoms with Crippen LogP contribution in [0.5, 0.6) is 0 Å². The first-order valence-electron chi connectivity index (χ1n) is 5.30. The number of rotatable bonds is 4. The minimum atomic E-state index is 0.214. The van der Waals surface area contributed by atoms with Crippen LogP contribution >= 0.6 is 0 Å². The van der Waals surface area contributed by atoms with Crippen LogP contribution in [0.4, 0.5) is 0 Å². The van der Waals surface area contributed by atoms with Gasteiger partial charge >= 0.3 is 0 Å². The Kier molecular flexibility index (Phi) is 3.94. The lowest BCUT2D eigenvalue weighted by molar-refractivity contribution is 1.00. The zero-order chi connectivity index (χ0) is 10.6. The van der Waals surface area contributed by atoms with E-state index in [4.69, 9.17) is 0 Å². The molecular weight excluding hydrogens is 168 g/mol. The van der Waals surface area contributed by atoms with Gasteiger partial charge < -0.3 is 0 Å². The molecule has 1 rings (SSSR count). The lowest BCUT2D eigenvalue weighted by Crippen LogP contribution is -1.95. The van der Waals surface area contributed by atoms with Crippen molar-refractivity contribution in [1.29, 1.82) is 0 Å². The molecule has 1 unspecified atom stereocenters. The van der Waals surface area contributed by atoms with Crippen molar-refractivity contribution in [3.8, 4) is 0 Å². The zero-order valence-electron chi connectivity index (χ0n) is 9.22. The molecule has 0 aliphatic carbocycles. The minimum Gasteiger partial charge on any atom is -0.102 e. The molecule has 0 aromatic heterocycles. The van der Waals surface area contributed by atoms with E-state index in [1.807, 2.05) is 6.08 Å². The molecule has 0 saturated heterocycles. The van der Waals surface area contributed by atoms with E-state index < -0.39 is 0 Å². The maximum absolute atomic E-state index is 4.04. The first kappa shape index (κ1) is 11.0. The van der Waals surface area contributed by atoms with Gasteiger partial charge in [0.15, 0.2) is 0 Å². The summed E-state index contributed by atoms with van der Waals surface area (Å²) in [4.78, 5) is 0. The average Bonchev–Trinajstić information content (AvgIpc) is 2.26. The Morgan fingerprint density at radius 2 is 1.86 bits per heavy atom. The normalized spacial score (nSPS) is 12.5. The first-order valence-corrected chi connectivity index (χ1v) is 5.30. The number of hydrogen-bond donors (Lipinski definition) is 0. The Hall–Kier alpha value is -1.04. The van der Waals surface area contributed by atoms with E-state index in [1.165, 1.54) is 16.7 Å². The number of hydrogen-bond acceptors (Lipinski definition) is 0. The molecule has 0 N–H and O–H groups in total. The summed E-state index contributed by atoms with van der Waals surface area (Å²) in [6.45, 7) is 12.2. The van der Waals surface area contributed by atoms with Crippen LogP contribution in [0.3, 0.4) is 0 Å². The highest BCUT2D eigenvalue weighted by Gasteiger charge is 2.04. The second-order valence-electron chi connectivity index (χ2n) is 3.58. The molecular formula is C14H19. The van der Waals surface area contributed by atoms with Gasteiger partial charge in [-0.15, -0.1) is 6.58 Å². The van der Waals surface area contributed by atoms with Crippen molar-refractivity contribution in [2.75, 3.05) is 0 Å². The van der Waals surface area contributed by atoms with Gasteiger partial charge in [0, 0.05) is 5.92 Å². The van der Waals surface area contributed by atoms with Crippen LogP contribution < -0.4 is 0 Å². The molecule has 0 spiro atoms. The molecule has 0 bridgehead atoms. The van der Waals surface area contributed by atoms with Gasteiger partial charge in [-0.25, -0.2) is 0 Å². The van der Waals surface area contributed by atoms with Gasteiger partial charge in [-0.1, -0.05) is 38.1 Å². The van der Waals surface area contributed by atoms with Crippen LogP contribution in [0.25, 0.3) is 0 Å². The van der Waals surface area contributed by atoms with E-state index in [9.17, 15) is 0 Å². The number of aryl methyl sites for hydroxylation is 2. The summed E-state index contributed by atoms with van der Waals surface area (Å²) in [5.74, 6) is 0.214. The van der Waals surface area contributed by atoms with Crippen LogP contribution in [0.1, 0.15) is 36.5 Å². The lowest BCUT2D eigenvalue weighted by Gasteiger charge is -2.11. The van der Waals surface area contributed by atoms with E-state index >= 15 is 0 Å². The summed E-state index contributed by atoms with van der Waals surface area (Å²) in [6, 6.07) is 6.64. The molecule has 1 aromatic rings. The summed E-state index contributed by atoms with van der Waals surface area (Å²) >= 11 is 0. The molecule has 0 heterocycles. The molecule has 0 aliphatic heterocycles. The Bertz CT molecular complexity index is 310. The summed E-state index contributed by atoms with van der Waals surface area (Å²) in [5, 5.41) is 0. The standard InChI is InChI=1S/C14H19/c1-5-11(4)14-9-8-12(6-2)13(7-3)10-14/h5,8-11H,1,4,6-7H2,2-3H3. The zero-order valence-corrected chi connectivity index (χ0v) is 9.22. The molecule has 75 valence electrons. The van der Waals surface area contributed by atoms with Crippen LogP contribution in [0, 0.1) is 6.92 Å². The van der Waals surface area contributed by atoms with Crippen molar-refractivity contribution < 1.29 is 0 Å². The molecule has 0 nitrogen and oxygen atoms in total. The summed E-state index contributed by atoms with van der Waals surface area (Å²) in [6.07, 6.45) is 4.10. The SMILES string of the molecule is [CH2]C(C=C)c1ccc(CC)c(CC)c1. The lowest BCUT2D eigenvalue weighted by atomic mass is 9.94. The maximum Gasteiger partial charge on any atom is 0.00157 e. The highest BCUT2D eigenvalue weighted by Crippen LogP contribution is 2.20. The van der Waals surface area contributed by atoms with Crippen LogP contribution in [0.15, 0.2) is 30.9 Å². The molecule has 14 heavy (non-hydrogen) atoms. The van der Waals surface area contributed by atoms with E-state index in [0.717, 1.165) is 12.8 Å². The first-order chi connectivity index (χ1) is 6.72. The highest BCUT2D eigenvalue weighted by molar-refractivity contribution is 5.35. The van der Waals surface area contributed by atoms with E-state index in [0.29, 0.717) is 0 Å². The van der Waals surface area contributed by atoms with Gasteiger partial charge in [0.1, 0.15) is 0 Å². The fourth-order valence-electron chi connectivity index (χ4n) is 1.69. The third kappa shape index (κ3) is 2.25. The van der Waals surface area contributed by atoms with Gasteiger partial charge in [0.05, 0.1) is 0 Å². The maximum atomic E-state index is 4.04. The van der Waals surface area contributed by atoms with Gasteiger partial charge in [-0.05, 0) is 36.5 Å². The molecule has 0 heteroatoms. The summed E-state index contributed by atoms with van der Waals surface area (Å²) in [5.41, 5.74) is 4.17. The predicted molar refractivity (Wildman–Crippen MR) is 63.5 cm³/mol. The van der Waals surface area contributed by atoms with Crippen molar-refractivity contribution in [3.05, 3.63) is 54.5 Å². The third-order valence-corrected chi connectivity index (χ3v) is 2.70. The van der Waals surface area contributed by atoms with Crippen molar-refractivity contribution in [3.63, 3.8) is 0 Å². The van der Waals surface area contributed by atoms with Crippen molar-refractivity contribution in [2.45, 2.75) is 32.6 Å². The Balaban J connectivity index is 3.06. The Morgan fingerprint density at radius 3 is 2.36 bits per heavy atom. The van der Waals surface area contributed by atoms with Gasteiger partial charge in [0.2, 0.25) is 0 Å². The Morgan fingerprint density at radius 1 is 1.21 bits per heavy atom. The second kappa shape index (κ2) is 4.99. The summed E-state index contributed by atoms with van der Waals surface area (Å²) < 4.78 is 0. The minimum absolute atomic E-state index is 0.214. The van der Waals surface area contributed by atoms with Crippen molar-refractivity contribution in [1.82, 2.24) is 0 Å². The fourth-order valence-corrected chi connectivity index (χ4v) is 1.69. The number of benzene rings is 1. The molecule has 1 aromatic carbocycles. The quantitative estimate of drug-likeness (QED) is 0.627. The largest absolute Gasteiger partial charge is 0.102 e. The molecule has 0 aliphatic rings. The predicted octanol–water partition coefficient (Wildman–Crippen LogP) is 3.92. The monoisotopic (exact) mass is 187 g/mol. The van der Waals surface area contributed by atoms with Gasteiger partial charge in [0.25, 0.3) is 0 Å². The van der Waals surface area contributed by atoms with Gasteiger partial charge in [-0.2, -0.15) is 0 Å². The van der Waals surface area contributed by atoms with E-state index in [1.54, 1.807) is 0 Å². The topological polar surface area (TPSA) is 0 Å². The van der Waals surface area contributed by atoms with Crippen LogP contribution in [0.2, 0.25) is 0 Å². The molecule has 0 fully saturated rings. The van der Waals surface area contributed by atoms with E-state index in [2.05, 4.69) is 45.5 Å². The third-order valence-electron chi connectivity index (χ3n) is 2.70. The molecule has 1 atom stereocenters. The van der Waals surface area contributed by atoms with Crippen LogP contribution in [-0.2, 0) is 12.8 Å². The molecule has 0 saturated carbocycles. The highest BCUT2D eigenvalue weighted by atomic mass is 14.1. The smallest absolute Gasteiger partial charge is 0.00157 e. The van der Waals surface area contributed by atoms with Crippen molar-refractivity contribution >= 4 is 0 Å². The van der Waals surface area contributed by atoms with Crippen LogP contribution in [-0.4, -0.2) is 0 Å².